The largest absolute Gasteiger partial charge is 0.490 e. The Hall–Kier alpha value is -2.94. The van der Waals surface area contributed by atoms with E-state index in [1.165, 1.54) is 18.4 Å². The lowest BCUT2D eigenvalue weighted by atomic mass is 9.72. The second-order valence-electron chi connectivity index (χ2n) is 10.1. The summed E-state index contributed by atoms with van der Waals surface area (Å²) in [5, 5.41) is 14.2. The topological polar surface area (TPSA) is 120 Å². The molecule has 0 bridgehead atoms. The number of piperidine rings is 2. The normalized spacial score (nSPS) is 20.1. The number of carbonyl (C=O) groups is 3. The van der Waals surface area contributed by atoms with E-state index in [1.807, 2.05) is 18.5 Å². The van der Waals surface area contributed by atoms with Gasteiger partial charge in [0.1, 0.15) is 0 Å². The van der Waals surface area contributed by atoms with Crippen LogP contribution in [0.5, 0.6) is 0 Å². The number of rotatable bonds is 4. The van der Waals surface area contributed by atoms with Gasteiger partial charge < -0.3 is 19.8 Å². The molecule has 4 rings (SSSR count). The molecule has 3 aliphatic rings. The quantitative estimate of drug-likeness (QED) is 0.510. The summed E-state index contributed by atoms with van der Waals surface area (Å²) in [5.41, 5.74) is 1.65. The number of amides is 1. The molecule has 40 heavy (non-hydrogen) atoms. The summed E-state index contributed by atoms with van der Waals surface area (Å²) in [4.78, 5) is 39.2. The summed E-state index contributed by atoms with van der Waals surface area (Å²) in [6.07, 6.45) is 0.101. The summed E-state index contributed by atoms with van der Waals surface area (Å²) in [7, 11) is 0. The van der Waals surface area contributed by atoms with Gasteiger partial charge in [0, 0.05) is 51.7 Å². The average molecular weight is 586 g/mol. The minimum absolute atomic E-state index is 0.352. The fourth-order valence-electron chi connectivity index (χ4n) is 4.85. The Morgan fingerprint density at radius 3 is 2.02 bits per heavy atom. The summed E-state index contributed by atoms with van der Waals surface area (Å²) in [6.45, 7) is 6.91. The zero-order valence-electron chi connectivity index (χ0n) is 21.7. The fraction of sp³-hybridized carbons (Fsp3) is 0.680. The van der Waals surface area contributed by atoms with Gasteiger partial charge in [-0.25, -0.2) is 9.59 Å². The van der Waals surface area contributed by atoms with Gasteiger partial charge in [-0.05, 0) is 68.2 Å². The van der Waals surface area contributed by atoms with Crippen LogP contribution in [-0.2, 0) is 25.7 Å². The van der Waals surface area contributed by atoms with E-state index >= 15 is 0 Å². The molecule has 1 amide bonds. The van der Waals surface area contributed by atoms with Gasteiger partial charge in [0.25, 0.3) is 0 Å². The Labute approximate surface area is 227 Å². The molecule has 0 aliphatic carbocycles. The zero-order valence-corrected chi connectivity index (χ0v) is 21.7. The molecule has 2 N–H and O–H groups in total. The van der Waals surface area contributed by atoms with Crippen LogP contribution in [0, 0.1) is 11.3 Å². The SMILES string of the molecule is O=C(O)C(F)(F)F.O=C(O)C(F)(F)F.O=C1CCC2(CCN(Cc3cccnc3)CC2)CN1CC1CCOCC1. The highest BCUT2D eigenvalue weighted by Gasteiger charge is 2.41. The van der Waals surface area contributed by atoms with Crippen LogP contribution >= 0.6 is 0 Å². The van der Waals surface area contributed by atoms with Crippen LogP contribution in [0.2, 0.25) is 0 Å². The van der Waals surface area contributed by atoms with Gasteiger partial charge in [0.2, 0.25) is 5.91 Å². The molecule has 1 aromatic heterocycles. The molecule has 0 aromatic carbocycles. The van der Waals surface area contributed by atoms with Crippen molar-refractivity contribution in [3.63, 3.8) is 0 Å². The van der Waals surface area contributed by atoms with Crippen molar-refractivity contribution in [1.82, 2.24) is 14.8 Å². The van der Waals surface area contributed by atoms with Gasteiger partial charge in [-0.3, -0.25) is 14.7 Å². The first kappa shape index (κ1) is 33.3. The van der Waals surface area contributed by atoms with Crippen LogP contribution < -0.4 is 0 Å². The number of likely N-dealkylation sites (tertiary alicyclic amines) is 2. The number of carboxylic acid groups (broad SMARTS) is 2. The molecule has 1 spiro atoms. The Morgan fingerprint density at radius 2 is 1.55 bits per heavy atom. The molecule has 15 heteroatoms. The molecular formula is C25H33F6N3O6. The van der Waals surface area contributed by atoms with E-state index in [0.29, 0.717) is 17.2 Å². The van der Waals surface area contributed by atoms with Crippen molar-refractivity contribution in [2.45, 2.75) is 57.4 Å². The van der Waals surface area contributed by atoms with E-state index in [-0.39, 0.29) is 0 Å². The third-order valence-corrected chi connectivity index (χ3v) is 7.10. The van der Waals surface area contributed by atoms with Crippen molar-refractivity contribution < 1.29 is 55.7 Å². The molecule has 226 valence electrons. The van der Waals surface area contributed by atoms with E-state index < -0.39 is 24.3 Å². The number of carbonyl (C=O) groups excluding carboxylic acids is 1. The molecule has 9 nitrogen and oxygen atoms in total. The maximum Gasteiger partial charge on any atom is 0.490 e. The number of carboxylic acids is 2. The first-order valence-electron chi connectivity index (χ1n) is 12.7. The van der Waals surface area contributed by atoms with Gasteiger partial charge in [-0.15, -0.1) is 0 Å². The van der Waals surface area contributed by atoms with Crippen LogP contribution in [0.4, 0.5) is 26.3 Å². The van der Waals surface area contributed by atoms with Crippen molar-refractivity contribution in [2.24, 2.45) is 11.3 Å². The second kappa shape index (κ2) is 14.6. The standard InChI is InChI=1S/C21H31N3O2.2C2HF3O2/c25-20-3-6-21(17-24(20)16-18-4-12-26-13-5-18)7-10-23(11-8-21)15-19-2-1-9-22-14-19;2*3-2(4,5)1(6)7/h1-2,9,14,18H,3-8,10-13,15-17H2;2*(H,6,7). The monoisotopic (exact) mass is 585 g/mol. The zero-order chi connectivity index (χ0) is 30.0. The first-order valence-corrected chi connectivity index (χ1v) is 12.7. The molecule has 0 saturated carbocycles. The summed E-state index contributed by atoms with van der Waals surface area (Å²) in [6, 6.07) is 4.17. The average Bonchev–Trinajstić information content (AvgIpc) is 2.89. The maximum absolute atomic E-state index is 12.5. The van der Waals surface area contributed by atoms with E-state index in [4.69, 9.17) is 24.5 Å². The minimum atomic E-state index is -5.08. The summed E-state index contributed by atoms with van der Waals surface area (Å²) < 4.78 is 68.9. The Balaban J connectivity index is 0.000000333. The highest BCUT2D eigenvalue weighted by molar-refractivity contribution is 5.77. The number of hydrogen-bond acceptors (Lipinski definition) is 6. The molecule has 3 fully saturated rings. The van der Waals surface area contributed by atoms with E-state index in [2.05, 4.69) is 20.9 Å². The predicted molar refractivity (Wildman–Crippen MR) is 128 cm³/mol. The van der Waals surface area contributed by atoms with E-state index in [9.17, 15) is 31.1 Å². The number of halogens is 6. The van der Waals surface area contributed by atoms with Crippen molar-refractivity contribution in [2.75, 3.05) is 39.4 Å². The fourth-order valence-corrected chi connectivity index (χ4v) is 4.85. The molecule has 1 aromatic rings. The van der Waals surface area contributed by atoms with Crippen molar-refractivity contribution in [3.05, 3.63) is 30.1 Å². The number of pyridine rings is 1. The molecule has 3 saturated heterocycles. The lowest BCUT2D eigenvalue weighted by molar-refractivity contribution is -0.193. The number of alkyl halides is 6. The van der Waals surface area contributed by atoms with Gasteiger partial charge in [-0.1, -0.05) is 6.07 Å². The highest BCUT2D eigenvalue weighted by atomic mass is 19.4. The molecule has 4 heterocycles. The maximum atomic E-state index is 12.5. The van der Waals surface area contributed by atoms with Crippen molar-refractivity contribution in [1.29, 1.82) is 0 Å². The van der Waals surface area contributed by atoms with Crippen LogP contribution in [0.25, 0.3) is 0 Å². The van der Waals surface area contributed by atoms with Gasteiger partial charge in [-0.2, -0.15) is 26.3 Å². The Morgan fingerprint density at radius 1 is 1.00 bits per heavy atom. The Kier molecular flexibility index (Phi) is 12.2. The van der Waals surface area contributed by atoms with Crippen LogP contribution in [0.1, 0.15) is 44.1 Å². The Bertz CT molecular complexity index is 938. The number of ether oxygens (including phenoxy) is 1. The minimum Gasteiger partial charge on any atom is -0.475 e. The third-order valence-electron chi connectivity index (χ3n) is 7.10. The van der Waals surface area contributed by atoms with Crippen LogP contribution in [-0.4, -0.2) is 94.6 Å². The highest BCUT2D eigenvalue weighted by Crippen LogP contribution is 2.41. The molecular weight excluding hydrogens is 552 g/mol. The second-order valence-corrected chi connectivity index (χ2v) is 10.1. The summed E-state index contributed by atoms with van der Waals surface area (Å²) in [5.74, 6) is -4.51. The van der Waals surface area contributed by atoms with E-state index in [1.54, 1.807) is 0 Å². The van der Waals surface area contributed by atoms with E-state index in [0.717, 1.165) is 71.6 Å². The van der Waals surface area contributed by atoms with Crippen LogP contribution in [0.3, 0.4) is 0 Å². The lowest BCUT2D eigenvalue weighted by Gasteiger charge is -2.48. The van der Waals surface area contributed by atoms with Crippen molar-refractivity contribution in [3.8, 4) is 0 Å². The number of nitrogens with zero attached hydrogens (tertiary/aromatic N) is 3. The van der Waals surface area contributed by atoms with Crippen LogP contribution in [0.15, 0.2) is 24.5 Å². The summed E-state index contributed by atoms with van der Waals surface area (Å²) >= 11 is 0. The predicted octanol–water partition coefficient (Wildman–Crippen LogP) is 3.98. The van der Waals surface area contributed by atoms with Gasteiger partial charge in [0.15, 0.2) is 0 Å². The van der Waals surface area contributed by atoms with Gasteiger partial charge >= 0.3 is 24.3 Å². The molecule has 3 aliphatic heterocycles. The van der Waals surface area contributed by atoms with Crippen molar-refractivity contribution >= 4 is 17.8 Å². The van der Waals surface area contributed by atoms with Gasteiger partial charge in [0.05, 0.1) is 0 Å². The third kappa shape index (κ3) is 11.3. The number of hydrogen-bond donors (Lipinski definition) is 2. The number of aliphatic carboxylic acids is 2. The lowest BCUT2D eigenvalue weighted by Crippen LogP contribution is -2.52. The number of aromatic nitrogens is 1. The first-order chi connectivity index (χ1) is 18.6. The smallest absolute Gasteiger partial charge is 0.475 e. The molecule has 0 unspecified atom stereocenters. The molecule has 0 radical (unpaired) electrons. The molecule has 0 atom stereocenters.